The molecule has 1 unspecified atom stereocenters. The van der Waals surface area contributed by atoms with Crippen molar-refractivity contribution in [2.75, 3.05) is 25.1 Å². The molecule has 3 aromatic rings. The number of aromatic hydroxyl groups is 1. The summed E-state index contributed by atoms with van der Waals surface area (Å²) in [5.74, 6) is 2.17. The van der Waals surface area contributed by atoms with Gasteiger partial charge in [0, 0.05) is 36.3 Å². The highest BCUT2D eigenvalue weighted by molar-refractivity contribution is 5.73. The van der Waals surface area contributed by atoms with E-state index >= 15 is 0 Å². The van der Waals surface area contributed by atoms with Crippen molar-refractivity contribution in [1.82, 2.24) is 20.2 Å². The third-order valence-corrected chi connectivity index (χ3v) is 5.97. The summed E-state index contributed by atoms with van der Waals surface area (Å²) in [5, 5.41) is 19.2. The summed E-state index contributed by atoms with van der Waals surface area (Å²) in [6, 6.07) is 11.5. The van der Waals surface area contributed by atoms with E-state index in [1.165, 1.54) is 32.0 Å². The summed E-state index contributed by atoms with van der Waals surface area (Å²) >= 11 is 0. The Morgan fingerprint density at radius 1 is 1.03 bits per heavy atom. The van der Waals surface area contributed by atoms with E-state index in [1.54, 1.807) is 19.2 Å². The molecule has 5 rings (SSSR count). The van der Waals surface area contributed by atoms with Crippen LogP contribution in [-0.2, 0) is 0 Å². The van der Waals surface area contributed by atoms with E-state index in [4.69, 9.17) is 10.5 Å². The third kappa shape index (κ3) is 5.13. The fourth-order valence-corrected chi connectivity index (χ4v) is 3.74. The molecule has 0 bridgehead atoms. The van der Waals surface area contributed by atoms with Gasteiger partial charge in [0.15, 0.2) is 5.82 Å². The zero-order valence-electron chi connectivity index (χ0n) is 18.6. The molecule has 32 heavy (non-hydrogen) atoms. The predicted octanol–water partition coefficient (Wildman–Crippen LogP) is 3.66. The first-order valence-electron chi connectivity index (χ1n) is 11.1. The highest BCUT2D eigenvalue weighted by Gasteiger charge is 2.20. The van der Waals surface area contributed by atoms with Gasteiger partial charge in [-0.25, -0.2) is 9.97 Å². The predicted molar refractivity (Wildman–Crippen MR) is 125 cm³/mol. The summed E-state index contributed by atoms with van der Waals surface area (Å²) in [5.41, 5.74) is 8.09. The molecule has 3 N–H and O–H groups in total. The topological polar surface area (TPSA) is 110 Å². The largest absolute Gasteiger partial charge is 0.507 e. The van der Waals surface area contributed by atoms with Crippen molar-refractivity contribution in [1.29, 1.82) is 0 Å². The maximum atomic E-state index is 10.5. The lowest BCUT2D eigenvalue weighted by molar-refractivity contribution is 0.397. The summed E-state index contributed by atoms with van der Waals surface area (Å²) in [4.78, 5) is 10.5. The third-order valence-electron chi connectivity index (χ3n) is 5.97. The number of aromatic nitrogens is 4. The number of benzene rings is 1. The molecule has 0 spiro atoms. The van der Waals surface area contributed by atoms with Crippen LogP contribution in [0.4, 0.5) is 5.82 Å². The van der Waals surface area contributed by atoms with Gasteiger partial charge in [-0.15, -0.1) is 10.2 Å². The zero-order valence-corrected chi connectivity index (χ0v) is 18.6. The molecule has 1 aromatic carbocycles. The van der Waals surface area contributed by atoms with E-state index in [9.17, 15) is 5.11 Å². The summed E-state index contributed by atoms with van der Waals surface area (Å²) < 4.78 is 5.12. The van der Waals surface area contributed by atoms with Crippen molar-refractivity contribution < 1.29 is 9.84 Å². The minimum absolute atomic E-state index is 0.127. The number of phenolic OH excluding ortho intramolecular Hbond substituents is 1. The molecule has 1 aliphatic carbocycles. The molecule has 3 heterocycles. The fourth-order valence-electron chi connectivity index (χ4n) is 3.74. The number of methoxy groups -OCH3 is 1. The second kappa shape index (κ2) is 9.91. The molecule has 0 amide bonds. The quantitative estimate of drug-likeness (QED) is 0.640. The SMILES string of the molecule is COc1cc(-c2ccc(-c3ccc(N4CCC(C)C4)nn3)c(O)c2)ncn1.NC1CCC1. The van der Waals surface area contributed by atoms with E-state index in [0.717, 1.165) is 24.5 Å². The molecule has 2 fully saturated rings. The monoisotopic (exact) mass is 434 g/mol. The first-order valence-corrected chi connectivity index (χ1v) is 11.1. The molecular weight excluding hydrogens is 404 g/mol. The van der Waals surface area contributed by atoms with Gasteiger partial charge in [-0.05, 0) is 49.4 Å². The first kappa shape index (κ1) is 22.0. The van der Waals surface area contributed by atoms with Gasteiger partial charge in [-0.1, -0.05) is 19.4 Å². The van der Waals surface area contributed by atoms with Crippen molar-refractivity contribution in [3.8, 4) is 34.1 Å². The summed E-state index contributed by atoms with van der Waals surface area (Å²) in [6.45, 7) is 4.27. The Kier molecular flexibility index (Phi) is 6.80. The van der Waals surface area contributed by atoms with E-state index in [2.05, 4.69) is 32.0 Å². The minimum Gasteiger partial charge on any atom is -0.507 e. The van der Waals surface area contributed by atoms with Gasteiger partial charge in [0.2, 0.25) is 5.88 Å². The fraction of sp³-hybridized carbons (Fsp3) is 0.417. The average molecular weight is 435 g/mol. The van der Waals surface area contributed by atoms with Crippen LogP contribution >= 0.6 is 0 Å². The highest BCUT2D eigenvalue weighted by Crippen LogP contribution is 2.33. The Hall–Kier alpha value is -3.26. The Balaban J connectivity index is 0.000000433. The van der Waals surface area contributed by atoms with Crippen molar-refractivity contribution in [2.24, 2.45) is 11.7 Å². The van der Waals surface area contributed by atoms with Crippen LogP contribution in [0.15, 0.2) is 42.7 Å². The normalized spacial score (nSPS) is 18.0. The van der Waals surface area contributed by atoms with Crippen LogP contribution in [0.2, 0.25) is 0 Å². The van der Waals surface area contributed by atoms with Gasteiger partial charge in [-0.2, -0.15) is 0 Å². The van der Waals surface area contributed by atoms with Crippen LogP contribution in [0, 0.1) is 5.92 Å². The molecule has 168 valence electrons. The van der Waals surface area contributed by atoms with Crippen LogP contribution in [-0.4, -0.2) is 51.5 Å². The van der Waals surface area contributed by atoms with Gasteiger partial charge in [0.1, 0.15) is 12.1 Å². The molecule has 2 aliphatic rings. The molecule has 0 radical (unpaired) electrons. The molecule has 2 aromatic heterocycles. The van der Waals surface area contributed by atoms with E-state index in [0.29, 0.717) is 34.8 Å². The molecule has 1 saturated heterocycles. The number of ether oxygens (including phenoxy) is 1. The van der Waals surface area contributed by atoms with Crippen LogP contribution in [0.3, 0.4) is 0 Å². The number of anilines is 1. The first-order chi connectivity index (χ1) is 15.5. The second-order valence-electron chi connectivity index (χ2n) is 8.49. The summed E-state index contributed by atoms with van der Waals surface area (Å²) in [6.07, 6.45) is 6.50. The lowest BCUT2D eigenvalue weighted by Gasteiger charge is -2.18. The number of phenols is 1. The smallest absolute Gasteiger partial charge is 0.216 e. The molecular formula is C24H30N6O2. The molecule has 1 saturated carbocycles. The maximum Gasteiger partial charge on any atom is 0.216 e. The number of nitrogens with two attached hydrogens (primary N) is 1. The van der Waals surface area contributed by atoms with Gasteiger partial charge in [0.25, 0.3) is 0 Å². The van der Waals surface area contributed by atoms with Crippen molar-refractivity contribution >= 4 is 5.82 Å². The zero-order chi connectivity index (χ0) is 22.5. The van der Waals surface area contributed by atoms with Crippen molar-refractivity contribution in [3.05, 3.63) is 42.7 Å². The number of hydrogen-bond acceptors (Lipinski definition) is 8. The second-order valence-corrected chi connectivity index (χ2v) is 8.49. The lowest BCUT2D eigenvalue weighted by Crippen LogP contribution is -2.27. The molecule has 1 aliphatic heterocycles. The Labute approximate surface area is 188 Å². The minimum atomic E-state index is 0.127. The Morgan fingerprint density at radius 2 is 1.84 bits per heavy atom. The maximum absolute atomic E-state index is 10.5. The van der Waals surface area contributed by atoms with Gasteiger partial charge >= 0.3 is 0 Å². The lowest BCUT2D eigenvalue weighted by atomic mass is 9.95. The van der Waals surface area contributed by atoms with E-state index < -0.39 is 0 Å². The van der Waals surface area contributed by atoms with Gasteiger partial charge in [0.05, 0.1) is 18.5 Å². The standard InChI is InChI=1S/C20H21N5O2.C4H9N/c1-13-7-8-25(11-13)19-6-5-16(23-24-19)15-4-3-14(9-18(15)26)17-10-20(27-2)22-12-21-17;5-4-2-1-3-4/h3-6,9-10,12-13,26H,7-8,11H2,1-2H3;4H,1-3,5H2. The van der Waals surface area contributed by atoms with Crippen molar-refractivity contribution in [3.63, 3.8) is 0 Å². The average Bonchev–Trinajstić information content (AvgIpc) is 3.24. The van der Waals surface area contributed by atoms with Crippen molar-refractivity contribution in [2.45, 2.75) is 38.6 Å². The van der Waals surface area contributed by atoms with Gasteiger partial charge in [-0.3, -0.25) is 0 Å². The van der Waals surface area contributed by atoms with Crippen LogP contribution in [0.25, 0.3) is 22.5 Å². The Morgan fingerprint density at radius 3 is 2.41 bits per heavy atom. The van der Waals surface area contributed by atoms with Crippen LogP contribution in [0.5, 0.6) is 11.6 Å². The van der Waals surface area contributed by atoms with Crippen LogP contribution < -0.4 is 15.4 Å². The molecule has 1 atom stereocenters. The number of rotatable bonds is 4. The number of hydrogen-bond donors (Lipinski definition) is 2. The van der Waals surface area contributed by atoms with Gasteiger partial charge < -0.3 is 20.5 Å². The van der Waals surface area contributed by atoms with Crippen LogP contribution in [0.1, 0.15) is 32.6 Å². The Bertz CT molecular complexity index is 1040. The molecule has 8 nitrogen and oxygen atoms in total. The number of nitrogens with zero attached hydrogens (tertiary/aromatic N) is 5. The van der Waals surface area contributed by atoms with E-state index in [-0.39, 0.29) is 5.75 Å². The van der Waals surface area contributed by atoms with E-state index in [1.807, 2.05) is 24.3 Å². The molecule has 8 heteroatoms. The highest BCUT2D eigenvalue weighted by atomic mass is 16.5. The summed E-state index contributed by atoms with van der Waals surface area (Å²) in [7, 11) is 1.55.